The highest BCUT2D eigenvalue weighted by atomic mass is 16.5. The molecule has 36 heavy (non-hydrogen) atoms. The Balaban J connectivity index is 1.57. The van der Waals surface area contributed by atoms with Crippen molar-refractivity contribution in [2.75, 3.05) is 7.11 Å². The summed E-state index contributed by atoms with van der Waals surface area (Å²) < 4.78 is 11.0. The summed E-state index contributed by atoms with van der Waals surface area (Å²) in [4.78, 5) is 19.8. The van der Waals surface area contributed by atoms with Gasteiger partial charge in [-0.1, -0.05) is 76.9 Å². The fourth-order valence-electron chi connectivity index (χ4n) is 4.32. The number of nitrogens with one attached hydrogen (secondary N) is 1. The van der Waals surface area contributed by atoms with E-state index in [4.69, 9.17) is 14.2 Å². The van der Waals surface area contributed by atoms with E-state index in [1.165, 1.54) is 0 Å². The zero-order valence-electron chi connectivity index (χ0n) is 20.8. The fourth-order valence-corrected chi connectivity index (χ4v) is 4.32. The summed E-state index contributed by atoms with van der Waals surface area (Å²) in [5, 5.41) is 7.41. The van der Waals surface area contributed by atoms with Crippen LogP contribution in [0.1, 0.15) is 41.1 Å². The van der Waals surface area contributed by atoms with Crippen LogP contribution in [0.15, 0.2) is 83.0 Å². The number of aryl methyl sites for hydroxylation is 2. The average Bonchev–Trinajstić information content (AvgIpc) is 3.37. The Morgan fingerprint density at radius 3 is 2.19 bits per heavy atom. The monoisotopic (exact) mass is 480 g/mol. The highest BCUT2D eigenvalue weighted by Gasteiger charge is 2.35. The number of ether oxygens (including phenoxy) is 1. The van der Waals surface area contributed by atoms with Gasteiger partial charge in [0.05, 0.1) is 25.3 Å². The SMILES string of the molecule is COc1ccc(CN2C(=O)NC(c3ccc(C)cc3)C(c3nc(-c4ccc(C)cc4)no3)=C2C)cc1. The average molecular weight is 481 g/mol. The third-order valence-corrected chi connectivity index (χ3v) is 6.47. The maximum Gasteiger partial charge on any atom is 0.322 e. The molecule has 182 valence electrons. The van der Waals surface area contributed by atoms with Gasteiger partial charge >= 0.3 is 6.03 Å². The van der Waals surface area contributed by atoms with Crippen LogP contribution in [0.25, 0.3) is 17.0 Å². The fraction of sp³-hybridized carbons (Fsp3) is 0.207. The van der Waals surface area contributed by atoms with Crippen molar-refractivity contribution in [2.24, 2.45) is 0 Å². The minimum Gasteiger partial charge on any atom is -0.497 e. The van der Waals surface area contributed by atoms with Crippen molar-refractivity contribution >= 4 is 11.6 Å². The number of carbonyl (C=O) groups excluding carboxylic acids is 1. The number of benzene rings is 3. The molecule has 3 aromatic carbocycles. The molecular formula is C29H28N4O3. The largest absolute Gasteiger partial charge is 0.497 e. The molecule has 5 rings (SSSR count). The van der Waals surface area contributed by atoms with E-state index in [1.54, 1.807) is 12.0 Å². The molecule has 7 heteroatoms. The molecule has 4 aromatic rings. The van der Waals surface area contributed by atoms with Gasteiger partial charge in [0.1, 0.15) is 5.75 Å². The van der Waals surface area contributed by atoms with Crippen LogP contribution < -0.4 is 10.1 Å². The van der Waals surface area contributed by atoms with Crippen molar-refractivity contribution in [3.8, 4) is 17.1 Å². The van der Waals surface area contributed by atoms with Crippen LogP contribution in [0, 0.1) is 13.8 Å². The number of hydrogen-bond donors (Lipinski definition) is 1. The number of nitrogens with zero attached hydrogens (tertiary/aromatic N) is 3. The predicted octanol–water partition coefficient (Wildman–Crippen LogP) is 6.06. The number of rotatable bonds is 6. The van der Waals surface area contributed by atoms with Gasteiger partial charge in [-0.3, -0.25) is 4.90 Å². The Hall–Kier alpha value is -4.39. The maximum absolute atomic E-state index is 13.3. The standard InChI is InChI=1S/C29H28N4O3/c1-18-5-11-22(12-6-18)26-25(28-31-27(32-36-28)23-13-7-19(2)8-14-23)20(3)33(29(34)30-26)17-21-9-15-24(35-4)16-10-21/h5-16,26H,17H2,1-4H3,(H,30,34). The van der Waals surface area contributed by atoms with Crippen LogP contribution in [0.3, 0.4) is 0 Å². The Morgan fingerprint density at radius 2 is 1.56 bits per heavy atom. The number of allylic oxidation sites excluding steroid dienone is 1. The van der Waals surface area contributed by atoms with E-state index in [0.29, 0.717) is 18.3 Å². The molecule has 1 N–H and O–H groups in total. The topological polar surface area (TPSA) is 80.5 Å². The second-order valence-electron chi connectivity index (χ2n) is 9.02. The molecule has 0 spiro atoms. The molecule has 2 amide bonds. The van der Waals surface area contributed by atoms with Crippen LogP contribution >= 0.6 is 0 Å². The summed E-state index contributed by atoms with van der Waals surface area (Å²) in [5.41, 5.74) is 6.63. The van der Waals surface area contributed by atoms with Crippen LogP contribution in [0.2, 0.25) is 0 Å². The molecule has 0 saturated heterocycles. The van der Waals surface area contributed by atoms with Crippen molar-refractivity contribution in [3.63, 3.8) is 0 Å². The molecule has 0 aliphatic carbocycles. The van der Waals surface area contributed by atoms with Gasteiger partial charge < -0.3 is 14.6 Å². The molecule has 0 saturated carbocycles. The van der Waals surface area contributed by atoms with Crippen LogP contribution in [-0.2, 0) is 6.54 Å². The Labute approximate surface area is 210 Å². The Morgan fingerprint density at radius 1 is 0.917 bits per heavy atom. The summed E-state index contributed by atoms with van der Waals surface area (Å²) in [6.07, 6.45) is 0. The molecular weight excluding hydrogens is 452 g/mol. The first-order valence-electron chi connectivity index (χ1n) is 11.8. The van der Waals surface area contributed by atoms with Gasteiger partial charge in [-0.15, -0.1) is 0 Å². The van der Waals surface area contributed by atoms with Gasteiger partial charge in [-0.2, -0.15) is 4.98 Å². The molecule has 0 radical (unpaired) electrons. The molecule has 2 heterocycles. The van der Waals surface area contributed by atoms with E-state index < -0.39 is 6.04 Å². The smallest absolute Gasteiger partial charge is 0.322 e. The minimum atomic E-state index is -0.420. The molecule has 1 unspecified atom stereocenters. The normalized spacial score (nSPS) is 15.7. The third-order valence-electron chi connectivity index (χ3n) is 6.47. The number of amides is 2. The van der Waals surface area contributed by atoms with Crippen molar-refractivity contribution in [1.82, 2.24) is 20.4 Å². The molecule has 1 aliphatic heterocycles. The van der Waals surface area contributed by atoms with Crippen molar-refractivity contribution in [3.05, 3.63) is 107 Å². The van der Waals surface area contributed by atoms with E-state index in [2.05, 4.69) is 10.5 Å². The zero-order chi connectivity index (χ0) is 25.2. The highest BCUT2D eigenvalue weighted by molar-refractivity contribution is 5.86. The van der Waals surface area contributed by atoms with E-state index in [1.807, 2.05) is 93.6 Å². The summed E-state index contributed by atoms with van der Waals surface area (Å²) in [6.45, 7) is 6.39. The van der Waals surface area contributed by atoms with Gasteiger partial charge in [-0.25, -0.2) is 4.79 Å². The second-order valence-corrected chi connectivity index (χ2v) is 9.02. The summed E-state index contributed by atoms with van der Waals surface area (Å²) in [6, 6.07) is 23.2. The minimum absolute atomic E-state index is 0.184. The number of methoxy groups -OCH3 is 1. The van der Waals surface area contributed by atoms with E-state index >= 15 is 0 Å². The lowest BCUT2D eigenvalue weighted by Crippen LogP contribution is -2.45. The lowest BCUT2D eigenvalue weighted by atomic mass is 9.94. The van der Waals surface area contributed by atoms with Crippen LogP contribution in [-0.4, -0.2) is 28.2 Å². The number of urea groups is 1. The molecule has 1 atom stereocenters. The van der Waals surface area contributed by atoms with Crippen molar-refractivity contribution in [2.45, 2.75) is 33.4 Å². The lowest BCUT2D eigenvalue weighted by molar-refractivity contribution is 0.203. The molecule has 0 bridgehead atoms. The molecule has 1 aromatic heterocycles. The first kappa shape index (κ1) is 23.4. The summed E-state index contributed by atoms with van der Waals surface area (Å²) >= 11 is 0. The number of carbonyl (C=O) groups is 1. The highest BCUT2D eigenvalue weighted by Crippen LogP contribution is 2.38. The third kappa shape index (κ3) is 4.60. The first-order chi connectivity index (χ1) is 17.4. The molecule has 7 nitrogen and oxygen atoms in total. The lowest BCUT2D eigenvalue weighted by Gasteiger charge is -2.35. The van der Waals surface area contributed by atoms with E-state index in [-0.39, 0.29) is 6.03 Å². The molecule has 0 fully saturated rings. The van der Waals surface area contributed by atoms with Gasteiger partial charge in [0, 0.05) is 11.3 Å². The van der Waals surface area contributed by atoms with Gasteiger partial charge in [0.25, 0.3) is 5.89 Å². The van der Waals surface area contributed by atoms with Gasteiger partial charge in [-0.05, 0) is 44.0 Å². The van der Waals surface area contributed by atoms with Gasteiger partial charge in [0.2, 0.25) is 5.82 Å². The summed E-state index contributed by atoms with van der Waals surface area (Å²) in [7, 11) is 1.63. The molecule has 1 aliphatic rings. The summed E-state index contributed by atoms with van der Waals surface area (Å²) in [5.74, 6) is 1.66. The number of hydrogen-bond acceptors (Lipinski definition) is 5. The van der Waals surface area contributed by atoms with E-state index in [0.717, 1.165) is 44.8 Å². The van der Waals surface area contributed by atoms with Crippen LogP contribution in [0.4, 0.5) is 4.79 Å². The predicted molar refractivity (Wildman–Crippen MR) is 138 cm³/mol. The quantitative estimate of drug-likeness (QED) is 0.363. The zero-order valence-corrected chi connectivity index (χ0v) is 20.8. The maximum atomic E-state index is 13.3. The second kappa shape index (κ2) is 9.70. The Kier molecular flexibility index (Phi) is 6.29. The van der Waals surface area contributed by atoms with Crippen molar-refractivity contribution < 1.29 is 14.1 Å². The number of aromatic nitrogens is 2. The van der Waals surface area contributed by atoms with Crippen molar-refractivity contribution in [1.29, 1.82) is 0 Å². The Bertz CT molecular complexity index is 1400. The first-order valence-corrected chi connectivity index (χ1v) is 11.8. The van der Waals surface area contributed by atoms with Gasteiger partial charge in [0.15, 0.2) is 0 Å². The van der Waals surface area contributed by atoms with Crippen LogP contribution in [0.5, 0.6) is 5.75 Å². The van der Waals surface area contributed by atoms with E-state index in [9.17, 15) is 4.79 Å².